The van der Waals surface area contributed by atoms with E-state index in [9.17, 15) is 14.4 Å². The normalized spacial score (nSPS) is 19.1. The van der Waals surface area contributed by atoms with Gasteiger partial charge in [-0.05, 0) is 35.7 Å². The van der Waals surface area contributed by atoms with Crippen molar-refractivity contribution in [2.45, 2.75) is 31.5 Å². The van der Waals surface area contributed by atoms with Gasteiger partial charge in [0, 0.05) is 24.7 Å². The first-order valence-electron chi connectivity index (χ1n) is 11.3. The van der Waals surface area contributed by atoms with Crippen LogP contribution >= 0.6 is 0 Å². The van der Waals surface area contributed by atoms with Crippen LogP contribution in [-0.2, 0) is 20.8 Å². The van der Waals surface area contributed by atoms with Crippen molar-refractivity contribution < 1.29 is 14.4 Å². The number of likely N-dealkylation sites (N-methyl/N-ethyl adjacent to an activating group) is 1. The Morgan fingerprint density at radius 1 is 0.971 bits per heavy atom. The Morgan fingerprint density at radius 2 is 1.65 bits per heavy atom. The number of hydrogen-bond donors (Lipinski definition) is 3. The lowest BCUT2D eigenvalue weighted by Gasteiger charge is -2.25. The van der Waals surface area contributed by atoms with E-state index in [4.69, 9.17) is 0 Å². The van der Waals surface area contributed by atoms with Gasteiger partial charge in [-0.25, -0.2) is 0 Å². The van der Waals surface area contributed by atoms with Crippen molar-refractivity contribution in [1.29, 1.82) is 0 Å². The Bertz CT molecular complexity index is 1260. The second-order valence-corrected chi connectivity index (χ2v) is 8.73. The average molecular weight is 455 g/mol. The van der Waals surface area contributed by atoms with Crippen molar-refractivity contribution >= 4 is 29.1 Å². The summed E-state index contributed by atoms with van der Waals surface area (Å²) in [5.41, 5.74) is 5.34. The van der Waals surface area contributed by atoms with E-state index < -0.39 is 24.0 Å². The highest BCUT2D eigenvalue weighted by atomic mass is 16.2. The fourth-order valence-electron chi connectivity index (χ4n) is 4.68. The SMILES string of the molecule is C[C@H](NC(=O)[C@@H]1Cc2ccccc2N1)C(=O)N[C@@H]1C(=O)N(C)c2ccccc2-c2ccccc21. The third kappa shape index (κ3) is 3.79. The van der Waals surface area contributed by atoms with E-state index >= 15 is 0 Å². The summed E-state index contributed by atoms with van der Waals surface area (Å²) >= 11 is 0. The molecule has 3 atom stereocenters. The average Bonchev–Trinajstić information content (AvgIpc) is 3.28. The van der Waals surface area contributed by atoms with Crippen molar-refractivity contribution in [2.24, 2.45) is 0 Å². The van der Waals surface area contributed by atoms with Gasteiger partial charge in [-0.2, -0.15) is 0 Å². The molecule has 0 saturated heterocycles. The smallest absolute Gasteiger partial charge is 0.253 e. The van der Waals surface area contributed by atoms with Crippen LogP contribution in [0.5, 0.6) is 0 Å². The third-order valence-corrected chi connectivity index (χ3v) is 6.53. The second kappa shape index (κ2) is 8.67. The summed E-state index contributed by atoms with van der Waals surface area (Å²) < 4.78 is 0. The highest BCUT2D eigenvalue weighted by Crippen LogP contribution is 2.39. The van der Waals surface area contributed by atoms with Crippen LogP contribution in [0.1, 0.15) is 24.1 Å². The number of anilines is 2. The molecule has 2 aliphatic heterocycles. The predicted octanol–water partition coefficient (Wildman–Crippen LogP) is 3.03. The summed E-state index contributed by atoms with van der Waals surface area (Å²) in [4.78, 5) is 40.9. The van der Waals surface area contributed by atoms with E-state index in [1.165, 1.54) is 0 Å². The third-order valence-electron chi connectivity index (χ3n) is 6.53. The molecule has 0 spiro atoms. The van der Waals surface area contributed by atoms with Crippen LogP contribution in [0.2, 0.25) is 0 Å². The number of rotatable bonds is 4. The molecule has 34 heavy (non-hydrogen) atoms. The summed E-state index contributed by atoms with van der Waals surface area (Å²) in [6.07, 6.45) is 0.563. The molecule has 0 fully saturated rings. The standard InChI is InChI=1S/C27H26N4O3/c1-16(28-26(33)22-15-17-9-3-7-13-21(17)29-22)25(32)30-24-20-12-5-4-10-18(20)19-11-6-8-14-23(19)31(2)27(24)34/h3-14,16,22,24,29H,15H2,1-2H3,(H,28,33)(H,30,32)/t16-,22-,24-/m0/s1. The molecule has 3 amide bonds. The molecule has 3 N–H and O–H groups in total. The van der Waals surface area contributed by atoms with E-state index in [-0.39, 0.29) is 11.8 Å². The molecular weight excluding hydrogens is 428 g/mol. The van der Waals surface area contributed by atoms with E-state index in [1.807, 2.05) is 72.8 Å². The van der Waals surface area contributed by atoms with Crippen molar-refractivity contribution in [3.05, 3.63) is 83.9 Å². The van der Waals surface area contributed by atoms with Crippen LogP contribution in [-0.4, -0.2) is 36.9 Å². The lowest BCUT2D eigenvalue weighted by Crippen LogP contribution is -2.51. The van der Waals surface area contributed by atoms with Gasteiger partial charge < -0.3 is 20.9 Å². The number of fused-ring (bicyclic) bond motifs is 4. The van der Waals surface area contributed by atoms with Crippen molar-refractivity contribution in [2.75, 3.05) is 17.3 Å². The number of para-hydroxylation sites is 2. The van der Waals surface area contributed by atoms with E-state index in [0.29, 0.717) is 6.42 Å². The Hall–Kier alpha value is -4.13. The van der Waals surface area contributed by atoms with Crippen LogP contribution in [0.25, 0.3) is 11.1 Å². The maximum Gasteiger partial charge on any atom is 0.253 e. The Morgan fingerprint density at radius 3 is 2.44 bits per heavy atom. The largest absolute Gasteiger partial charge is 0.373 e. The highest BCUT2D eigenvalue weighted by Gasteiger charge is 2.35. The monoisotopic (exact) mass is 454 g/mol. The lowest BCUT2D eigenvalue weighted by molar-refractivity contribution is -0.131. The fraction of sp³-hybridized carbons (Fsp3) is 0.222. The number of benzene rings is 3. The molecule has 3 aromatic rings. The minimum absolute atomic E-state index is 0.239. The summed E-state index contributed by atoms with van der Waals surface area (Å²) in [5.74, 6) is -0.912. The van der Waals surface area contributed by atoms with E-state index in [1.54, 1.807) is 18.9 Å². The highest BCUT2D eigenvalue weighted by molar-refractivity contribution is 6.06. The van der Waals surface area contributed by atoms with Gasteiger partial charge in [0.2, 0.25) is 11.8 Å². The van der Waals surface area contributed by atoms with Gasteiger partial charge in [-0.3, -0.25) is 14.4 Å². The van der Waals surface area contributed by atoms with Crippen LogP contribution < -0.4 is 20.9 Å². The van der Waals surface area contributed by atoms with Crippen LogP contribution in [0.15, 0.2) is 72.8 Å². The van der Waals surface area contributed by atoms with Crippen molar-refractivity contribution in [3.63, 3.8) is 0 Å². The number of hydrogen-bond acceptors (Lipinski definition) is 4. The molecule has 172 valence electrons. The maximum atomic E-state index is 13.4. The Balaban J connectivity index is 1.33. The van der Waals surface area contributed by atoms with Crippen molar-refractivity contribution in [1.82, 2.24) is 10.6 Å². The Labute approximate surface area is 198 Å². The molecule has 7 heteroatoms. The maximum absolute atomic E-state index is 13.4. The van der Waals surface area contributed by atoms with Gasteiger partial charge in [0.25, 0.3) is 5.91 Å². The molecule has 0 unspecified atom stereocenters. The minimum Gasteiger partial charge on any atom is -0.373 e. The van der Waals surface area contributed by atoms with Gasteiger partial charge in [0.05, 0.1) is 5.69 Å². The first kappa shape index (κ1) is 21.7. The second-order valence-electron chi connectivity index (χ2n) is 8.73. The van der Waals surface area contributed by atoms with E-state index in [2.05, 4.69) is 16.0 Å². The van der Waals surface area contributed by atoms with Crippen LogP contribution in [0.4, 0.5) is 11.4 Å². The van der Waals surface area contributed by atoms with E-state index in [0.717, 1.165) is 33.6 Å². The first-order valence-corrected chi connectivity index (χ1v) is 11.3. The van der Waals surface area contributed by atoms with Gasteiger partial charge >= 0.3 is 0 Å². The number of amides is 3. The molecule has 0 saturated carbocycles. The van der Waals surface area contributed by atoms with Gasteiger partial charge in [0.1, 0.15) is 18.1 Å². The number of carbonyl (C=O) groups excluding carboxylic acids is 3. The fourth-order valence-corrected chi connectivity index (χ4v) is 4.68. The quantitative estimate of drug-likeness (QED) is 0.565. The molecule has 0 bridgehead atoms. The first-order chi connectivity index (χ1) is 16.4. The molecule has 0 aromatic heterocycles. The molecule has 2 aliphatic rings. The summed E-state index contributed by atoms with van der Waals surface area (Å²) in [6, 6.07) is 20.9. The molecule has 2 heterocycles. The predicted molar refractivity (Wildman–Crippen MR) is 131 cm³/mol. The summed E-state index contributed by atoms with van der Waals surface area (Å²) in [6.45, 7) is 1.63. The topological polar surface area (TPSA) is 90.5 Å². The zero-order valence-electron chi connectivity index (χ0n) is 19.0. The zero-order chi connectivity index (χ0) is 23.8. The molecule has 0 aliphatic carbocycles. The van der Waals surface area contributed by atoms with Gasteiger partial charge in [0.15, 0.2) is 0 Å². The molecule has 7 nitrogen and oxygen atoms in total. The lowest BCUT2D eigenvalue weighted by atomic mass is 9.95. The minimum atomic E-state index is -0.866. The summed E-state index contributed by atoms with van der Waals surface area (Å²) in [5, 5.41) is 8.87. The number of carbonyl (C=O) groups is 3. The van der Waals surface area contributed by atoms with Crippen molar-refractivity contribution in [3.8, 4) is 11.1 Å². The molecule has 0 radical (unpaired) electrons. The number of nitrogens with one attached hydrogen (secondary N) is 3. The van der Waals surface area contributed by atoms with Crippen LogP contribution in [0.3, 0.4) is 0 Å². The van der Waals surface area contributed by atoms with Crippen LogP contribution in [0, 0.1) is 0 Å². The van der Waals surface area contributed by atoms with Gasteiger partial charge in [-0.15, -0.1) is 0 Å². The summed E-state index contributed by atoms with van der Waals surface area (Å²) in [7, 11) is 1.71. The molecular formula is C27H26N4O3. The molecule has 3 aromatic carbocycles. The Kier molecular flexibility index (Phi) is 5.53. The van der Waals surface area contributed by atoms with Gasteiger partial charge in [-0.1, -0.05) is 60.7 Å². The molecule has 5 rings (SSSR count). The number of nitrogens with zero attached hydrogens (tertiary/aromatic N) is 1. The zero-order valence-corrected chi connectivity index (χ0v) is 19.0.